The fourth-order valence-electron chi connectivity index (χ4n) is 2.89. The molecule has 4 rings (SSSR count). The second-order valence-corrected chi connectivity index (χ2v) is 6.75. The number of hydrogen-bond acceptors (Lipinski definition) is 6. The summed E-state index contributed by atoms with van der Waals surface area (Å²) in [5, 5.41) is 13.0. The molecule has 8 nitrogen and oxygen atoms in total. The second kappa shape index (κ2) is 6.93. The van der Waals surface area contributed by atoms with Gasteiger partial charge in [-0.25, -0.2) is 4.39 Å². The Balaban J connectivity index is 1.71. The molecule has 1 aliphatic rings. The Labute approximate surface area is 164 Å². The minimum Gasteiger partial charge on any atom is -0.507 e. The van der Waals surface area contributed by atoms with E-state index >= 15 is 0 Å². The highest BCUT2D eigenvalue weighted by Crippen LogP contribution is 2.36. The van der Waals surface area contributed by atoms with E-state index in [1.54, 1.807) is 0 Å². The van der Waals surface area contributed by atoms with Crippen LogP contribution in [0.1, 0.15) is 33.6 Å². The molecule has 0 spiro atoms. The van der Waals surface area contributed by atoms with Crippen molar-refractivity contribution in [2.24, 2.45) is 5.73 Å². The normalized spacial score (nSPS) is 13.3. The van der Waals surface area contributed by atoms with Crippen LogP contribution in [-0.2, 0) is 0 Å². The van der Waals surface area contributed by atoms with Crippen LogP contribution in [0.25, 0.3) is 10.9 Å². The third-order valence-electron chi connectivity index (χ3n) is 4.60. The topological polar surface area (TPSA) is 141 Å². The van der Waals surface area contributed by atoms with Gasteiger partial charge in [0.05, 0.1) is 16.6 Å². The van der Waals surface area contributed by atoms with Crippen LogP contribution in [-0.4, -0.2) is 27.9 Å². The van der Waals surface area contributed by atoms with Crippen molar-refractivity contribution in [3.05, 3.63) is 53.5 Å². The minimum absolute atomic E-state index is 0.00771. The van der Waals surface area contributed by atoms with Crippen molar-refractivity contribution < 1.29 is 23.8 Å². The molecule has 0 saturated heterocycles. The van der Waals surface area contributed by atoms with E-state index in [9.17, 15) is 19.1 Å². The average molecular weight is 396 g/mol. The van der Waals surface area contributed by atoms with Gasteiger partial charge in [0, 0.05) is 23.7 Å². The van der Waals surface area contributed by atoms with E-state index in [0.29, 0.717) is 10.9 Å². The number of anilines is 1. The SMILES string of the molecule is NC(=O)c1cc2c(Oc3ccc(C(=O)NC4CC4)c(F)c3N)ccnc2cc1O. The Kier molecular flexibility index (Phi) is 4.42. The van der Waals surface area contributed by atoms with Crippen LogP contribution in [0.15, 0.2) is 36.5 Å². The number of nitrogens with one attached hydrogen (secondary N) is 1. The molecule has 6 N–H and O–H groups in total. The van der Waals surface area contributed by atoms with Gasteiger partial charge in [0.1, 0.15) is 17.2 Å². The van der Waals surface area contributed by atoms with Gasteiger partial charge in [-0.2, -0.15) is 0 Å². The van der Waals surface area contributed by atoms with E-state index in [-0.39, 0.29) is 40.1 Å². The summed E-state index contributed by atoms with van der Waals surface area (Å²) in [6.45, 7) is 0. The molecule has 0 atom stereocenters. The minimum atomic E-state index is -0.880. The number of amides is 2. The number of ether oxygens (including phenoxy) is 1. The van der Waals surface area contributed by atoms with Gasteiger partial charge < -0.3 is 26.6 Å². The number of rotatable bonds is 5. The fraction of sp³-hybridized carbons (Fsp3) is 0.150. The van der Waals surface area contributed by atoms with E-state index in [2.05, 4.69) is 10.3 Å². The molecule has 1 aliphatic carbocycles. The van der Waals surface area contributed by atoms with E-state index < -0.39 is 17.6 Å². The van der Waals surface area contributed by atoms with Gasteiger partial charge in [-0.3, -0.25) is 14.6 Å². The number of phenols is 1. The van der Waals surface area contributed by atoms with Crippen molar-refractivity contribution in [3.63, 3.8) is 0 Å². The van der Waals surface area contributed by atoms with Crippen molar-refractivity contribution >= 4 is 28.4 Å². The van der Waals surface area contributed by atoms with Crippen molar-refractivity contribution in [1.29, 1.82) is 0 Å². The van der Waals surface area contributed by atoms with E-state index in [1.807, 2.05) is 0 Å². The third kappa shape index (κ3) is 3.49. The Morgan fingerprint density at radius 1 is 1.17 bits per heavy atom. The van der Waals surface area contributed by atoms with Crippen LogP contribution >= 0.6 is 0 Å². The lowest BCUT2D eigenvalue weighted by molar-refractivity contribution is 0.0945. The summed E-state index contributed by atoms with van der Waals surface area (Å²) in [6, 6.07) is 6.87. The molecule has 9 heteroatoms. The van der Waals surface area contributed by atoms with Crippen molar-refractivity contribution in [3.8, 4) is 17.2 Å². The number of benzene rings is 2. The van der Waals surface area contributed by atoms with Crippen molar-refractivity contribution in [1.82, 2.24) is 10.3 Å². The first-order valence-corrected chi connectivity index (χ1v) is 8.83. The molecule has 2 aromatic carbocycles. The smallest absolute Gasteiger partial charge is 0.254 e. The number of halogens is 1. The van der Waals surface area contributed by atoms with E-state index in [4.69, 9.17) is 16.2 Å². The molecular formula is C20H17FN4O4. The Morgan fingerprint density at radius 3 is 2.62 bits per heavy atom. The molecule has 1 saturated carbocycles. The first-order valence-electron chi connectivity index (χ1n) is 8.83. The second-order valence-electron chi connectivity index (χ2n) is 6.75. The summed E-state index contributed by atoms with van der Waals surface area (Å²) in [6.07, 6.45) is 3.18. The maximum atomic E-state index is 14.7. The number of fused-ring (bicyclic) bond motifs is 1. The monoisotopic (exact) mass is 396 g/mol. The molecule has 0 aliphatic heterocycles. The van der Waals surface area contributed by atoms with E-state index in [1.165, 1.54) is 36.5 Å². The fourth-order valence-corrected chi connectivity index (χ4v) is 2.89. The predicted octanol–water partition coefficient (Wildman–Crippen LogP) is 2.45. The van der Waals surface area contributed by atoms with E-state index in [0.717, 1.165) is 12.8 Å². The van der Waals surface area contributed by atoms with Gasteiger partial charge in [-0.15, -0.1) is 0 Å². The maximum Gasteiger partial charge on any atom is 0.254 e. The number of carbonyl (C=O) groups excluding carboxylic acids is 2. The van der Waals surface area contributed by atoms with Crippen LogP contribution in [0.2, 0.25) is 0 Å². The van der Waals surface area contributed by atoms with Gasteiger partial charge in [-0.1, -0.05) is 0 Å². The Morgan fingerprint density at radius 2 is 1.93 bits per heavy atom. The standard InChI is InChI=1S/C20H17FN4O4/c21-17-10(20(28)25-9-1-2-9)3-4-16(18(17)22)29-15-5-6-24-13-8-14(26)12(19(23)27)7-11(13)15/h3-9,26H,1-2,22H2,(H2,23,27)(H,25,28). The zero-order chi connectivity index (χ0) is 20.7. The molecule has 29 heavy (non-hydrogen) atoms. The molecule has 1 fully saturated rings. The average Bonchev–Trinajstić information content (AvgIpc) is 3.48. The molecule has 0 bridgehead atoms. The number of nitrogens with two attached hydrogens (primary N) is 2. The summed E-state index contributed by atoms with van der Waals surface area (Å²) in [5.41, 5.74) is 10.9. The number of carbonyl (C=O) groups is 2. The van der Waals surface area contributed by atoms with Crippen LogP contribution in [0.4, 0.5) is 10.1 Å². The maximum absolute atomic E-state index is 14.7. The predicted molar refractivity (Wildman–Crippen MR) is 103 cm³/mol. The molecular weight excluding hydrogens is 379 g/mol. The number of nitrogens with zero attached hydrogens (tertiary/aromatic N) is 1. The summed E-state index contributed by atoms with van der Waals surface area (Å²) < 4.78 is 20.4. The lowest BCUT2D eigenvalue weighted by Gasteiger charge is -2.14. The molecule has 0 unspecified atom stereocenters. The molecule has 0 radical (unpaired) electrons. The number of nitrogen functional groups attached to an aromatic ring is 1. The number of aromatic hydroxyl groups is 1. The quantitative estimate of drug-likeness (QED) is 0.488. The Bertz CT molecular complexity index is 1160. The zero-order valence-electron chi connectivity index (χ0n) is 15.1. The molecule has 148 valence electrons. The molecule has 2 amide bonds. The zero-order valence-corrected chi connectivity index (χ0v) is 15.1. The van der Waals surface area contributed by atoms with Crippen LogP contribution in [0, 0.1) is 5.82 Å². The molecule has 1 aromatic heterocycles. The summed E-state index contributed by atoms with van der Waals surface area (Å²) >= 11 is 0. The Hall–Kier alpha value is -3.88. The summed E-state index contributed by atoms with van der Waals surface area (Å²) in [5.74, 6) is -2.33. The van der Waals surface area contributed by atoms with Crippen LogP contribution in [0.3, 0.4) is 0 Å². The molecule has 3 aromatic rings. The van der Waals surface area contributed by atoms with Crippen molar-refractivity contribution in [2.75, 3.05) is 5.73 Å². The lowest BCUT2D eigenvalue weighted by atomic mass is 10.1. The number of hydrogen-bond donors (Lipinski definition) is 4. The van der Waals surface area contributed by atoms with Crippen LogP contribution < -0.4 is 21.5 Å². The third-order valence-corrected chi connectivity index (χ3v) is 4.60. The lowest BCUT2D eigenvalue weighted by Crippen LogP contribution is -2.26. The highest BCUT2D eigenvalue weighted by atomic mass is 19.1. The highest BCUT2D eigenvalue weighted by molar-refractivity contribution is 6.01. The van der Waals surface area contributed by atoms with Gasteiger partial charge >= 0.3 is 0 Å². The van der Waals surface area contributed by atoms with Crippen molar-refractivity contribution in [2.45, 2.75) is 18.9 Å². The molecule has 1 heterocycles. The number of primary amides is 1. The number of pyridine rings is 1. The van der Waals surface area contributed by atoms with Gasteiger partial charge in [0.25, 0.3) is 11.8 Å². The van der Waals surface area contributed by atoms with Gasteiger partial charge in [-0.05, 0) is 37.1 Å². The first kappa shape index (κ1) is 18.5. The largest absolute Gasteiger partial charge is 0.507 e. The van der Waals surface area contributed by atoms with Crippen LogP contribution in [0.5, 0.6) is 17.2 Å². The summed E-state index contributed by atoms with van der Waals surface area (Å²) in [4.78, 5) is 27.7. The van der Waals surface area contributed by atoms with Gasteiger partial charge in [0.15, 0.2) is 11.6 Å². The highest BCUT2D eigenvalue weighted by Gasteiger charge is 2.26. The number of aromatic nitrogens is 1. The summed E-state index contributed by atoms with van der Waals surface area (Å²) in [7, 11) is 0. The first-order chi connectivity index (χ1) is 13.8. The van der Waals surface area contributed by atoms with Gasteiger partial charge in [0.2, 0.25) is 0 Å².